The Hall–Kier alpha value is -0.450. The number of hydrogen-bond acceptors (Lipinski definition) is 1. The van der Waals surface area contributed by atoms with Gasteiger partial charge in [-0.05, 0) is 13.0 Å². The van der Waals surface area contributed by atoms with E-state index in [4.69, 9.17) is 0 Å². The number of nitrogens with zero attached hydrogens (tertiary/aromatic N) is 1. The summed E-state index contributed by atoms with van der Waals surface area (Å²) in [7, 11) is 0. The summed E-state index contributed by atoms with van der Waals surface area (Å²) in [5.41, 5.74) is 1.81. The van der Waals surface area contributed by atoms with Crippen molar-refractivity contribution >= 4 is 29.2 Å². The van der Waals surface area contributed by atoms with Crippen LogP contribution in [0.5, 0.6) is 0 Å². The number of halogens is 1. The van der Waals surface area contributed by atoms with Crippen molar-refractivity contribution in [1.29, 1.82) is 0 Å². The fourth-order valence-corrected chi connectivity index (χ4v) is 1.54. The summed E-state index contributed by atoms with van der Waals surface area (Å²) in [5.74, 6) is 0. The summed E-state index contributed by atoms with van der Waals surface area (Å²) in [5, 5.41) is 0. The summed E-state index contributed by atoms with van der Waals surface area (Å²) >= 11 is 2.11. The van der Waals surface area contributed by atoms with E-state index < -0.39 is 0 Å². The molecule has 0 saturated heterocycles. The van der Waals surface area contributed by atoms with Crippen LogP contribution in [0.4, 0.5) is 0 Å². The SMILES string of the molecule is Cc1cc(C=O)c[n+](I)c1. The van der Waals surface area contributed by atoms with Gasteiger partial charge in [-0.1, -0.05) is 0 Å². The average molecular weight is 248 g/mol. The van der Waals surface area contributed by atoms with Gasteiger partial charge in [0, 0.05) is 5.56 Å². The highest BCUT2D eigenvalue weighted by atomic mass is 127. The lowest BCUT2D eigenvalue weighted by atomic mass is 10.2. The highest BCUT2D eigenvalue weighted by Crippen LogP contribution is 1.97. The lowest BCUT2D eigenvalue weighted by Crippen LogP contribution is -2.18. The molecule has 0 saturated carbocycles. The highest BCUT2D eigenvalue weighted by molar-refractivity contribution is 14.1. The Morgan fingerprint density at radius 2 is 2.30 bits per heavy atom. The zero-order valence-corrected chi connectivity index (χ0v) is 7.70. The number of carbonyl (C=O) groups is 1. The minimum absolute atomic E-state index is 0.717. The van der Waals surface area contributed by atoms with Crippen LogP contribution in [0.15, 0.2) is 18.5 Å². The van der Waals surface area contributed by atoms with Crippen LogP contribution >= 0.6 is 22.9 Å². The first kappa shape index (κ1) is 7.65. The third-order valence-corrected chi connectivity index (χ3v) is 1.69. The smallest absolute Gasteiger partial charge is 0.298 e. The van der Waals surface area contributed by atoms with Crippen LogP contribution in [0.2, 0.25) is 0 Å². The van der Waals surface area contributed by atoms with Gasteiger partial charge in [0.15, 0.2) is 18.7 Å². The maximum atomic E-state index is 10.3. The second kappa shape index (κ2) is 3.09. The Balaban J connectivity index is 3.18. The summed E-state index contributed by atoms with van der Waals surface area (Å²) in [6, 6.07) is 1.85. The minimum Gasteiger partial charge on any atom is -0.298 e. The molecule has 0 radical (unpaired) electrons. The van der Waals surface area contributed by atoms with E-state index in [-0.39, 0.29) is 0 Å². The third kappa shape index (κ3) is 1.76. The molecule has 2 nitrogen and oxygen atoms in total. The number of rotatable bonds is 1. The predicted molar refractivity (Wildman–Crippen MR) is 46.2 cm³/mol. The van der Waals surface area contributed by atoms with Gasteiger partial charge in [-0.25, -0.2) is 0 Å². The first-order valence-electron chi connectivity index (χ1n) is 2.86. The van der Waals surface area contributed by atoms with Crippen LogP contribution in [0, 0.1) is 6.92 Å². The Morgan fingerprint density at radius 3 is 2.80 bits per heavy atom. The second-order valence-corrected chi connectivity index (χ2v) is 3.22. The molecular formula is C7H7INO+. The van der Waals surface area contributed by atoms with E-state index in [0.29, 0.717) is 0 Å². The molecule has 0 aliphatic carbocycles. The van der Waals surface area contributed by atoms with E-state index >= 15 is 0 Å². The molecule has 1 aromatic rings. The molecule has 0 aliphatic rings. The van der Waals surface area contributed by atoms with Crippen molar-refractivity contribution in [3.63, 3.8) is 0 Å². The maximum Gasteiger partial charge on any atom is 0.353 e. The molecule has 0 aliphatic heterocycles. The molecule has 3 heteroatoms. The van der Waals surface area contributed by atoms with E-state index in [1.54, 1.807) is 6.20 Å². The third-order valence-electron chi connectivity index (χ3n) is 1.13. The zero-order valence-electron chi connectivity index (χ0n) is 5.54. The van der Waals surface area contributed by atoms with E-state index in [0.717, 1.165) is 17.4 Å². The highest BCUT2D eigenvalue weighted by Gasteiger charge is 1.99. The monoisotopic (exact) mass is 248 g/mol. The summed E-state index contributed by atoms with van der Waals surface area (Å²) in [6.07, 6.45) is 4.58. The van der Waals surface area contributed by atoms with Crippen LogP contribution in [0.25, 0.3) is 0 Å². The Bertz CT molecular complexity index is 240. The van der Waals surface area contributed by atoms with Gasteiger partial charge < -0.3 is 0 Å². The Labute approximate surface area is 73.4 Å². The average Bonchev–Trinajstić information content (AvgIpc) is 1.85. The number of hydrogen-bond donors (Lipinski definition) is 0. The van der Waals surface area contributed by atoms with Crippen molar-refractivity contribution in [2.24, 2.45) is 0 Å². The Morgan fingerprint density at radius 1 is 1.60 bits per heavy atom. The summed E-state index contributed by atoms with van der Waals surface area (Å²) in [4.78, 5) is 10.3. The molecule has 0 spiro atoms. The Kier molecular flexibility index (Phi) is 2.37. The van der Waals surface area contributed by atoms with Crippen LogP contribution < -0.4 is 2.78 Å². The van der Waals surface area contributed by atoms with Crippen molar-refractivity contribution in [2.45, 2.75) is 6.92 Å². The fourth-order valence-electron chi connectivity index (χ4n) is 0.776. The van der Waals surface area contributed by atoms with Crippen molar-refractivity contribution in [1.82, 2.24) is 0 Å². The van der Waals surface area contributed by atoms with E-state index in [2.05, 4.69) is 22.9 Å². The van der Waals surface area contributed by atoms with Gasteiger partial charge in [-0.3, -0.25) is 4.79 Å². The number of aldehydes is 1. The fraction of sp³-hybridized carbons (Fsp3) is 0.143. The van der Waals surface area contributed by atoms with Crippen LogP contribution in [0.3, 0.4) is 0 Å². The number of aryl methyl sites for hydroxylation is 1. The summed E-state index contributed by atoms with van der Waals surface area (Å²) in [6.45, 7) is 1.96. The standard InChI is InChI=1S/C7H7INO/c1-6-2-7(5-10)4-9(8)3-6/h2-5H,1H3/q+1. The quantitative estimate of drug-likeness (QED) is 0.542. The van der Waals surface area contributed by atoms with E-state index in [1.165, 1.54) is 0 Å². The van der Waals surface area contributed by atoms with Crippen molar-refractivity contribution in [2.75, 3.05) is 0 Å². The molecule has 1 rings (SSSR count). The molecule has 0 amide bonds. The first-order chi connectivity index (χ1) is 4.72. The molecule has 0 bridgehead atoms. The molecule has 0 unspecified atom stereocenters. The largest absolute Gasteiger partial charge is 0.353 e. The lowest BCUT2D eigenvalue weighted by molar-refractivity contribution is -0.440. The number of carbonyl (C=O) groups excluding carboxylic acids is 1. The zero-order chi connectivity index (χ0) is 7.56. The van der Waals surface area contributed by atoms with Gasteiger partial charge >= 0.3 is 22.9 Å². The first-order valence-corrected chi connectivity index (χ1v) is 3.83. The molecule has 0 aromatic carbocycles. The molecule has 0 atom stereocenters. The van der Waals surface area contributed by atoms with Gasteiger partial charge in [0.2, 0.25) is 0 Å². The van der Waals surface area contributed by atoms with E-state index in [1.807, 2.05) is 22.0 Å². The van der Waals surface area contributed by atoms with Crippen molar-refractivity contribution in [3.05, 3.63) is 29.6 Å². The van der Waals surface area contributed by atoms with Crippen LogP contribution in [-0.4, -0.2) is 6.29 Å². The molecule has 0 N–H and O–H groups in total. The molecule has 1 heterocycles. The van der Waals surface area contributed by atoms with Gasteiger partial charge in [0.25, 0.3) is 0 Å². The maximum absolute atomic E-state index is 10.3. The molecular weight excluding hydrogens is 241 g/mol. The van der Waals surface area contributed by atoms with Crippen molar-refractivity contribution in [3.8, 4) is 0 Å². The lowest BCUT2D eigenvalue weighted by Gasteiger charge is -1.88. The topological polar surface area (TPSA) is 20.9 Å². The normalized spacial score (nSPS) is 9.40. The van der Waals surface area contributed by atoms with Gasteiger partial charge in [0.05, 0.1) is 5.56 Å². The van der Waals surface area contributed by atoms with Crippen LogP contribution in [0.1, 0.15) is 15.9 Å². The van der Waals surface area contributed by atoms with Gasteiger partial charge in [0.1, 0.15) is 0 Å². The number of pyridine rings is 1. The molecule has 1 aromatic heterocycles. The molecule has 0 fully saturated rings. The predicted octanol–water partition coefficient (Wildman–Crippen LogP) is 1.29. The number of aromatic nitrogens is 1. The van der Waals surface area contributed by atoms with Crippen molar-refractivity contribution < 1.29 is 7.58 Å². The summed E-state index contributed by atoms with van der Waals surface area (Å²) < 4.78 is 1.84. The van der Waals surface area contributed by atoms with Crippen LogP contribution in [-0.2, 0) is 0 Å². The second-order valence-electron chi connectivity index (χ2n) is 2.11. The molecule has 10 heavy (non-hydrogen) atoms. The van der Waals surface area contributed by atoms with Gasteiger partial charge in [-0.2, -0.15) is 0 Å². The molecule has 52 valence electrons. The minimum atomic E-state index is 0.717. The van der Waals surface area contributed by atoms with E-state index in [9.17, 15) is 4.79 Å². The van der Waals surface area contributed by atoms with Gasteiger partial charge in [-0.15, -0.1) is 2.78 Å².